The molecule has 0 saturated carbocycles. The van der Waals surface area contributed by atoms with Crippen LogP contribution in [0.15, 0.2) is 17.4 Å². The van der Waals surface area contributed by atoms with E-state index in [0.717, 1.165) is 17.2 Å². The van der Waals surface area contributed by atoms with Crippen molar-refractivity contribution in [3.63, 3.8) is 0 Å². The van der Waals surface area contributed by atoms with Gasteiger partial charge in [0.1, 0.15) is 18.3 Å². The summed E-state index contributed by atoms with van der Waals surface area (Å²) < 4.78 is 29.1. The molecule has 2 aromatic heterocycles. The molecule has 0 amide bonds. The molecule has 1 aliphatic heterocycles. The van der Waals surface area contributed by atoms with Crippen molar-refractivity contribution < 1.29 is 48.8 Å². The maximum atomic E-state index is 11.7. The van der Waals surface area contributed by atoms with Crippen molar-refractivity contribution in [3.05, 3.63) is 23.0 Å². The summed E-state index contributed by atoms with van der Waals surface area (Å²) in [5.74, 6) is 0. The largest absolute Gasteiger partial charge is 0.387 e. The number of nitrogens with one attached hydrogen (secondary N) is 1. The van der Waals surface area contributed by atoms with Gasteiger partial charge in [0.2, 0.25) is 0 Å². The number of hydrogen-bond acceptors (Lipinski definition) is 9. The molecular weight excluding hydrogens is 414 g/mol. The van der Waals surface area contributed by atoms with E-state index in [4.69, 9.17) is 4.74 Å². The maximum Gasteiger partial charge on any atom is 0.372 e. The van der Waals surface area contributed by atoms with Crippen LogP contribution in [-0.2, 0) is 13.9 Å². The van der Waals surface area contributed by atoms with E-state index in [1.807, 2.05) is 0 Å². The number of aromatic nitrogens is 4. The van der Waals surface area contributed by atoms with Crippen LogP contribution in [0.5, 0.6) is 0 Å². The molecule has 2 aromatic rings. The first kappa shape index (κ1) is 20.2. The van der Waals surface area contributed by atoms with Crippen molar-refractivity contribution in [3.8, 4) is 0 Å². The number of nitrogens with zero attached hydrogens (tertiary/aromatic N) is 3. The van der Waals surface area contributed by atoms with Crippen molar-refractivity contribution in [2.75, 3.05) is 0 Å². The van der Waals surface area contributed by atoms with Crippen LogP contribution in [0.3, 0.4) is 0 Å². The Morgan fingerprint density at radius 3 is 2.26 bits per heavy atom. The minimum Gasteiger partial charge on any atom is -0.387 e. The van der Waals surface area contributed by atoms with Crippen molar-refractivity contribution in [1.29, 1.82) is 0 Å². The number of imidazole rings is 1. The van der Waals surface area contributed by atoms with E-state index >= 15 is 0 Å². The normalized spacial score (nSPS) is 27.4. The van der Waals surface area contributed by atoms with Gasteiger partial charge in [0.15, 0.2) is 17.4 Å². The summed E-state index contributed by atoms with van der Waals surface area (Å²) in [5.41, 5.74) is -1.02. The van der Waals surface area contributed by atoms with Gasteiger partial charge in [-0.3, -0.25) is 18.5 Å². The molecule has 0 spiro atoms. The highest BCUT2D eigenvalue weighted by Gasteiger charge is 2.70. The Hall–Kier alpha value is -1.51. The van der Waals surface area contributed by atoms with E-state index in [1.165, 1.54) is 0 Å². The molecule has 15 nitrogen and oxygen atoms in total. The lowest BCUT2D eigenvalue weighted by molar-refractivity contribution is -0.0865. The van der Waals surface area contributed by atoms with Crippen LogP contribution in [0, 0.1) is 0 Å². The minimum atomic E-state index is -5.98. The number of aromatic amines is 1. The monoisotopic (exact) mass is 428 g/mol. The van der Waals surface area contributed by atoms with Gasteiger partial charge < -0.3 is 44.6 Å². The molecule has 0 bridgehead atoms. The molecule has 150 valence electrons. The number of fused-ring (bicyclic) bond motifs is 1. The molecule has 1 aliphatic rings. The zero-order valence-electron chi connectivity index (χ0n) is 13.0. The molecular formula is C10H14N4O11P2. The van der Waals surface area contributed by atoms with Gasteiger partial charge in [0, 0.05) is 0 Å². The second-order valence-corrected chi connectivity index (χ2v) is 9.65. The van der Waals surface area contributed by atoms with Crippen LogP contribution in [0.4, 0.5) is 0 Å². The molecule has 0 aliphatic carbocycles. The smallest absolute Gasteiger partial charge is 0.372 e. The van der Waals surface area contributed by atoms with E-state index in [1.54, 1.807) is 0 Å². The number of aliphatic hydroxyl groups is 3. The van der Waals surface area contributed by atoms with Crippen LogP contribution < -0.4 is 5.56 Å². The number of ether oxygens (including phenoxy) is 1. The predicted octanol–water partition coefficient (Wildman–Crippen LogP) is -3.26. The number of rotatable bonds is 4. The molecule has 8 N–H and O–H groups in total. The summed E-state index contributed by atoms with van der Waals surface area (Å²) in [4.78, 5) is 58.5. The molecule has 0 unspecified atom stereocenters. The zero-order chi connectivity index (χ0) is 20.4. The van der Waals surface area contributed by atoms with Gasteiger partial charge in [-0.25, -0.2) is 9.97 Å². The van der Waals surface area contributed by atoms with Crippen LogP contribution in [0.25, 0.3) is 11.2 Å². The maximum absolute atomic E-state index is 11.7. The Morgan fingerprint density at radius 1 is 1.11 bits per heavy atom. The highest BCUT2D eigenvalue weighted by atomic mass is 31.2. The van der Waals surface area contributed by atoms with Crippen LogP contribution in [0.2, 0.25) is 0 Å². The van der Waals surface area contributed by atoms with Gasteiger partial charge in [-0.05, 0) is 0 Å². The summed E-state index contributed by atoms with van der Waals surface area (Å²) in [6.07, 6.45) is -6.71. The predicted molar refractivity (Wildman–Crippen MR) is 83.1 cm³/mol. The van der Waals surface area contributed by atoms with E-state index in [9.17, 15) is 48.8 Å². The first-order valence-corrected chi connectivity index (χ1v) is 10.3. The van der Waals surface area contributed by atoms with Gasteiger partial charge >= 0.3 is 15.2 Å². The van der Waals surface area contributed by atoms with Gasteiger partial charge in [-0.1, -0.05) is 0 Å². The molecule has 1 fully saturated rings. The highest BCUT2D eigenvalue weighted by Crippen LogP contribution is 2.70. The average molecular weight is 428 g/mol. The second kappa shape index (κ2) is 6.25. The lowest BCUT2D eigenvalue weighted by Crippen LogP contribution is -2.48. The summed E-state index contributed by atoms with van der Waals surface area (Å²) in [6, 6.07) is 0. The molecule has 4 atom stereocenters. The van der Waals surface area contributed by atoms with E-state index in [2.05, 4.69) is 15.0 Å². The molecule has 1 saturated heterocycles. The summed E-state index contributed by atoms with van der Waals surface area (Å²) in [6.45, 7) is 0. The van der Waals surface area contributed by atoms with Crippen molar-refractivity contribution >= 4 is 26.4 Å². The molecule has 17 heteroatoms. The van der Waals surface area contributed by atoms with Gasteiger partial charge in [0.05, 0.1) is 12.7 Å². The third-order valence-electron chi connectivity index (χ3n) is 4.12. The highest BCUT2D eigenvalue weighted by molar-refractivity contribution is 7.72. The molecule has 3 rings (SSSR count). The molecule has 27 heavy (non-hydrogen) atoms. The Morgan fingerprint density at radius 2 is 1.70 bits per heavy atom. The summed E-state index contributed by atoms with van der Waals surface area (Å²) in [7, 11) is -12.0. The fourth-order valence-corrected chi connectivity index (χ4v) is 5.21. The number of hydrogen-bond donors (Lipinski definition) is 8. The third-order valence-corrected chi connectivity index (χ3v) is 7.90. The number of H-pyrrole nitrogens is 1. The minimum absolute atomic E-state index is 0.161. The first-order valence-electron chi connectivity index (χ1n) is 7.06. The van der Waals surface area contributed by atoms with Crippen LogP contribution in [-0.4, -0.2) is 77.8 Å². The Bertz CT molecular complexity index is 1000. The topological polar surface area (TPSA) is 249 Å². The molecule has 0 aromatic carbocycles. The third kappa shape index (κ3) is 2.89. The van der Waals surface area contributed by atoms with Gasteiger partial charge in [-0.15, -0.1) is 0 Å². The Labute approximate surface area is 148 Å². The zero-order valence-corrected chi connectivity index (χ0v) is 14.8. The molecule has 0 radical (unpaired) electrons. The fourth-order valence-electron chi connectivity index (χ4n) is 2.76. The van der Waals surface area contributed by atoms with Gasteiger partial charge in [0.25, 0.3) is 10.6 Å². The van der Waals surface area contributed by atoms with Crippen molar-refractivity contribution in [1.82, 2.24) is 19.5 Å². The van der Waals surface area contributed by atoms with E-state index < -0.39 is 50.4 Å². The standard InChI is InChI=1S/C10H14N4O11P2/c15-4-5(16)9(14-2-13-3-7(14)11-1-12-8(3)17)25-6(4)10(18,26(19,20)21)27(22,23)24/h1-2,4-6,9,15-16,18H,(H,11,12,17)(H2,19,20,21)(H2,22,23,24)/t4-,5+,6-,9+/m0/s1. The van der Waals surface area contributed by atoms with Crippen molar-refractivity contribution in [2.24, 2.45) is 0 Å². The summed E-state index contributed by atoms with van der Waals surface area (Å²) in [5, 5.41) is 26.2. The Kier molecular flexibility index (Phi) is 4.68. The van der Waals surface area contributed by atoms with Crippen molar-refractivity contribution in [2.45, 2.75) is 29.6 Å². The SMILES string of the molecule is O=c1[nH]cnc2c1ncn2[C@@H]1O[C@H](C(O)(P(=O)(O)O)P(=O)(O)O)[C@@H](O)[C@H]1O. The quantitative estimate of drug-likeness (QED) is 0.223. The average Bonchev–Trinajstić information content (AvgIpc) is 3.08. The number of aliphatic hydroxyl groups excluding tert-OH is 2. The van der Waals surface area contributed by atoms with E-state index in [0.29, 0.717) is 0 Å². The lowest BCUT2D eigenvalue weighted by Gasteiger charge is -2.34. The fraction of sp³-hybridized carbons (Fsp3) is 0.500. The first-order chi connectivity index (χ1) is 12.3. The van der Waals surface area contributed by atoms with Crippen LogP contribution >= 0.6 is 15.2 Å². The van der Waals surface area contributed by atoms with Gasteiger partial charge in [-0.2, -0.15) is 0 Å². The molecule has 3 heterocycles. The lowest BCUT2D eigenvalue weighted by atomic mass is 10.1. The van der Waals surface area contributed by atoms with Crippen LogP contribution in [0.1, 0.15) is 6.23 Å². The second-order valence-electron chi connectivity index (χ2n) is 5.76. The van der Waals surface area contributed by atoms with E-state index in [-0.39, 0.29) is 11.2 Å². The Balaban J connectivity index is 2.10. The summed E-state index contributed by atoms with van der Waals surface area (Å²) >= 11 is 0.